The predicted octanol–water partition coefficient (Wildman–Crippen LogP) is 7.93. The molecule has 0 N–H and O–H groups in total. The summed E-state index contributed by atoms with van der Waals surface area (Å²) in [6.07, 6.45) is 7.55. The molecule has 140 valence electrons. The van der Waals surface area contributed by atoms with Gasteiger partial charge in [0.2, 0.25) is 0 Å². The Morgan fingerprint density at radius 2 is 1.20 bits per heavy atom. The second-order valence-electron chi connectivity index (χ2n) is 10.1. The molecule has 0 bridgehead atoms. The van der Waals surface area contributed by atoms with E-state index < -0.39 is 0 Å². The maximum Gasteiger partial charge on any atom is 0.0256 e. The first-order valence-corrected chi connectivity index (χ1v) is 11.2. The topological polar surface area (TPSA) is 0 Å². The first-order valence-electron chi connectivity index (χ1n) is 10.4. The molecule has 3 rings (SSSR count). The molecule has 2 aliphatic rings. The fourth-order valence-corrected chi connectivity index (χ4v) is 7.96. The third-order valence-electron chi connectivity index (χ3n) is 8.04. The monoisotopic (exact) mass is 404 g/mol. The molecule has 25 heavy (non-hydrogen) atoms. The van der Waals surface area contributed by atoms with Crippen LogP contribution in [0.25, 0.3) is 0 Å². The van der Waals surface area contributed by atoms with E-state index in [0.29, 0.717) is 10.8 Å². The van der Waals surface area contributed by atoms with Crippen molar-refractivity contribution in [1.82, 2.24) is 0 Å². The lowest BCUT2D eigenvalue weighted by Gasteiger charge is -2.32. The molecule has 2 aliphatic carbocycles. The second-order valence-corrected chi connectivity index (χ2v) is 10.9. The van der Waals surface area contributed by atoms with Crippen LogP contribution in [0.1, 0.15) is 116 Å². The summed E-state index contributed by atoms with van der Waals surface area (Å²) in [6.45, 7) is 19.4. The van der Waals surface area contributed by atoms with Crippen molar-refractivity contribution in [3.05, 3.63) is 32.8 Å². The van der Waals surface area contributed by atoms with Crippen molar-refractivity contribution in [2.75, 3.05) is 0 Å². The van der Waals surface area contributed by atoms with Crippen LogP contribution in [0.4, 0.5) is 0 Å². The van der Waals surface area contributed by atoms with E-state index in [1.807, 2.05) is 0 Å². The lowest BCUT2D eigenvalue weighted by Crippen LogP contribution is -2.25. The van der Waals surface area contributed by atoms with E-state index in [4.69, 9.17) is 0 Å². The van der Waals surface area contributed by atoms with Crippen LogP contribution in [0.2, 0.25) is 0 Å². The van der Waals surface area contributed by atoms with Gasteiger partial charge in [-0.25, -0.2) is 0 Å². The van der Waals surface area contributed by atoms with E-state index in [-0.39, 0.29) is 10.8 Å². The van der Waals surface area contributed by atoms with Crippen LogP contribution in [0.5, 0.6) is 0 Å². The highest BCUT2D eigenvalue weighted by molar-refractivity contribution is 9.10. The molecule has 1 aromatic carbocycles. The molecule has 0 saturated heterocycles. The number of halogens is 1. The van der Waals surface area contributed by atoms with Gasteiger partial charge in [-0.05, 0) is 82.4 Å². The largest absolute Gasteiger partial charge is 0.0645 e. The maximum atomic E-state index is 4.18. The maximum absolute atomic E-state index is 4.18. The Kier molecular flexibility index (Phi) is 4.55. The molecule has 1 aromatic rings. The van der Waals surface area contributed by atoms with Crippen molar-refractivity contribution < 1.29 is 0 Å². The van der Waals surface area contributed by atoms with Gasteiger partial charge in [-0.3, -0.25) is 0 Å². The summed E-state index contributed by atoms with van der Waals surface area (Å²) in [5.74, 6) is 0. The van der Waals surface area contributed by atoms with Crippen LogP contribution in [-0.2, 0) is 21.7 Å². The lowest BCUT2D eigenvalue weighted by molar-refractivity contribution is 0.322. The number of hydrogen-bond donors (Lipinski definition) is 0. The number of hydrogen-bond acceptors (Lipinski definition) is 0. The molecule has 0 heterocycles. The van der Waals surface area contributed by atoms with Gasteiger partial charge in [0, 0.05) is 4.47 Å². The fraction of sp³-hybridized carbons (Fsp3) is 0.750. The van der Waals surface area contributed by atoms with E-state index in [2.05, 4.69) is 77.4 Å². The Morgan fingerprint density at radius 1 is 0.720 bits per heavy atom. The van der Waals surface area contributed by atoms with Gasteiger partial charge in [0.15, 0.2) is 0 Å². The minimum atomic E-state index is 0.259. The summed E-state index contributed by atoms with van der Waals surface area (Å²) in [5.41, 5.74) is 7.79. The van der Waals surface area contributed by atoms with Crippen molar-refractivity contribution in [1.29, 1.82) is 0 Å². The molecule has 1 heteroatoms. The molecular formula is C24H37Br. The molecule has 0 amide bonds. The average Bonchev–Trinajstić information content (AvgIpc) is 2.94. The van der Waals surface area contributed by atoms with Gasteiger partial charge in [0.1, 0.15) is 0 Å². The van der Waals surface area contributed by atoms with E-state index in [1.54, 1.807) is 22.3 Å². The zero-order chi connectivity index (χ0) is 18.8. The highest BCUT2D eigenvalue weighted by atomic mass is 79.9. The SMILES string of the molecule is CCC1(CC)CC(C)(C)c2c1cc1c(c2Br)C(CC)(CC)CC1(C)C. The van der Waals surface area contributed by atoms with Gasteiger partial charge in [0.25, 0.3) is 0 Å². The van der Waals surface area contributed by atoms with Crippen LogP contribution < -0.4 is 0 Å². The predicted molar refractivity (Wildman–Crippen MR) is 114 cm³/mol. The third-order valence-corrected chi connectivity index (χ3v) is 8.83. The van der Waals surface area contributed by atoms with Crippen LogP contribution >= 0.6 is 15.9 Å². The molecule has 0 spiro atoms. The average molecular weight is 405 g/mol. The minimum Gasteiger partial charge on any atom is -0.0645 e. The molecule has 0 saturated carbocycles. The summed E-state index contributed by atoms with van der Waals surface area (Å²) in [6, 6.07) is 2.66. The highest BCUT2D eigenvalue weighted by Gasteiger charge is 2.53. The first kappa shape index (κ1) is 19.5. The summed E-state index contributed by atoms with van der Waals surface area (Å²) < 4.78 is 1.46. The number of benzene rings is 1. The van der Waals surface area contributed by atoms with E-state index in [0.717, 1.165) is 0 Å². The number of fused-ring (bicyclic) bond motifs is 2. The Balaban J connectivity index is 2.40. The quantitative estimate of drug-likeness (QED) is 0.477. The van der Waals surface area contributed by atoms with Gasteiger partial charge in [0.05, 0.1) is 0 Å². The first-order chi connectivity index (χ1) is 11.5. The molecule has 0 radical (unpaired) electrons. The molecule has 0 aromatic heterocycles. The van der Waals surface area contributed by atoms with Crippen LogP contribution in [0.3, 0.4) is 0 Å². The molecule has 0 nitrogen and oxygen atoms in total. The summed E-state index contributed by atoms with van der Waals surface area (Å²) in [4.78, 5) is 0. The van der Waals surface area contributed by atoms with E-state index in [9.17, 15) is 0 Å². The van der Waals surface area contributed by atoms with Crippen molar-refractivity contribution in [3.8, 4) is 0 Å². The van der Waals surface area contributed by atoms with Crippen LogP contribution in [0, 0.1) is 0 Å². The molecule has 0 unspecified atom stereocenters. The van der Waals surface area contributed by atoms with Gasteiger partial charge in [-0.15, -0.1) is 0 Å². The number of rotatable bonds is 4. The van der Waals surface area contributed by atoms with Crippen molar-refractivity contribution in [2.24, 2.45) is 0 Å². The normalized spacial score (nSPS) is 24.2. The standard InChI is InChI=1S/C24H37Br/c1-9-23(10-2)15-22(7,8)18-17(23)13-16-19(20(18)25)24(11-3,12-4)14-21(16,5)6/h13H,9-12,14-15H2,1-8H3. The highest BCUT2D eigenvalue weighted by Crippen LogP contribution is 2.62. The third kappa shape index (κ3) is 2.43. The Morgan fingerprint density at radius 3 is 1.68 bits per heavy atom. The van der Waals surface area contributed by atoms with Gasteiger partial charge in [-0.1, -0.05) is 77.4 Å². The minimum absolute atomic E-state index is 0.259. The zero-order valence-electron chi connectivity index (χ0n) is 17.7. The molecule has 0 atom stereocenters. The van der Waals surface area contributed by atoms with Gasteiger partial charge >= 0.3 is 0 Å². The van der Waals surface area contributed by atoms with Crippen molar-refractivity contribution >= 4 is 15.9 Å². The van der Waals surface area contributed by atoms with Crippen molar-refractivity contribution in [2.45, 2.75) is 116 Å². The summed E-state index contributed by atoms with van der Waals surface area (Å²) >= 11 is 4.18. The smallest absolute Gasteiger partial charge is 0.0256 e. The Bertz CT molecular complexity index is 685. The van der Waals surface area contributed by atoms with Crippen LogP contribution in [-0.4, -0.2) is 0 Å². The molecule has 0 fully saturated rings. The Hall–Kier alpha value is -0.300. The zero-order valence-corrected chi connectivity index (χ0v) is 19.3. The molecular weight excluding hydrogens is 368 g/mol. The van der Waals surface area contributed by atoms with E-state index >= 15 is 0 Å². The Labute approximate surface area is 164 Å². The molecule has 0 aliphatic heterocycles. The summed E-state index contributed by atoms with van der Waals surface area (Å²) in [7, 11) is 0. The van der Waals surface area contributed by atoms with E-state index in [1.165, 1.54) is 43.0 Å². The lowest BCUT2D eigenvalue weighted by atomic mass is 9.73. The second kappa shape index (κ2) is 5.85. The van der Waals surface area contributed by atoms with Gasteiger partial charge in [-0.2, -0.15) is 0 Å². The summed E-state index contributed by atoms with van der Waals surface area (Å²) in [5, 5.41) is 0. The van der Waals surface area contributed by atoms with Crippen LogP contribution in [0.15, 0.2) is 10.5 Å². The van der Waals surface area contributed by atoms with Gasteiger partial charge < -0.3 is 0 Å². The van der Waals surface area contributed by atoms with Crippen molar-refractivity contribution in [3.63, 3.8) is 0 Å². The fourth-order valence-electron chi connectivity index (χ4n) is 6.58.